The van der Waals surface area contributed by atoms with Gasteiger partial charge in [0.25, 0.3) is 5.69 Å². The zero-order chi connectivity index (χ0) is 14.8. The van der Waals surface area contributed by atoms with E-state index in [-0.39, 0.29) is 5.69 Å². The standard InChI is InChI=1S/C14H15FN4O2/c15-11-1-2-13(19(20)21)14(9-11)17-6-3-12(4-7-17)18-8-5-16-10-18/h1-2,5,8-10,12H,3-4,6-7H2. The molecule has 2 heterocycles. The molecule has 0 aliphatic carbocycles. The molecule has 6 nitrogen and oxygen atoms in total. The average Bonchev–Trinajstić information content (AvgIpc) is 3.01. The number of imidazole rings is 1. The van der Waals surface area contributed by atoms with Gasteiger partial charge in [-0.3, -0.25) is 10.1 Å². The lowest BCUT2D eigenvalue weighted by molar-refractivity contribution is -0.384. The van der Waals surface area contributed by atoms with E-state index in [2.05, 4.69) is 9.55 Å². The van der Waals surface area contributed by atoms with Gasteiger partial charge in [-0.05, 0) is 18.9 Å². The summed E-state index contributed by atoms with van der Waals surface area (Å²) in [7, 11) is 0. The van der Waals surface area contributed by atoms with Crippen LogP contribution in [0.2, 0.25) is 0 Å². The Kier molecular flexibility index (Phi) is 3.55. The van der Waals surface area contributed by atoms with E-state index >= 15 is 0 Å². The van der Waals surface area contributed by atoms with Crippen LogP contribution >= 0.6 is 0 Å². The van der Waals surface area contributed by atoms with E-state index in [0.717, 1.165) is 18.9 Å². The van der Waals surface area contributed by atoms with Crippen molar-refractivity contribution in [3.05, 3.63) is 52.9 Å². The summed E-state index contributed by atoms with van der Waals surface area (Å²) in [6.45, 7) is 1.32. The van der Waals surface area contributed by atoms with Gasteiger partial charge in [0.05, 0.1) is 11.3 Å². The second kappa shape index (κ2) is 5.51. The summed E-state index contributed by atoms with van der Waals surface area (Å²) in [6, 6.07) is 3.94. The maximum atomic E-state index is 13.4. The van der Waals surface area contributed by atoms with Crippen molar-refractivity contribution in [2.75, 3.05) is 18.0 Å². The van der Waals surface area contributed by atoms with Gasteiger partial charge in [0.15, 0.2) is 0 Å². The molecular weight excluding hydrogens is 275 g/mol. The zero-order valence-electron chi connectivity index (χ0n) is 11.4. The van der Waals surface area contributed by atoms with Gasteiger partial charge in [-0.15, -0.1) is 0 Å². The fourth-order valence-electron chi connectivity index (χ4n) is 2.79. The van der Waals surface area contributed by atoms with Crippen molar-refractivity contribution in [3.63, 3.8) is 0 Å². The van der Waals surface area contributed by atoms with E-state index in [9.17, 15) is 14.5 Å². The van der Waals surface area contributed by atoms with E-state index < -0.39 is 10.7 Å². The van der Waals surface area contributed by atoms with Crippen molar-refractivity contribution in [1.29, 1.82) is 0 Å². The first-order valence-corrected chi connectivity index (χ1v) is 6.81. The minimum atomic E-state index is -0.462. The molecule has 0 spiro atoms. The molecule has 1 saturated heterocycles. The zero-order valence-corrected chi connectivity index (χ0v) is 11.4. The van der Waals surface area contributed by atoms with Crippen molar-refractivity contribution >= 4 is 11.4 Å². The number of hydrogen-bond acceptors (Lipinski definition) is 4. The van der Waals surface area contributed by atoms with Crippen LogP contribution in [0.3, 0.4) is 0 Å². The molecule has 3 rings (SSSR count). The molecule has 0 N–H and O–H groups in total. The Morgan fingerprint density at radius 3 is 2.71 bits per heavy atom. The van der Waals surface area contributed by atoms with E-state index in [1.807, 2.05) is 11.1 Å². The lowest BCUT2D eigenvalue weighted by Crippen LogP contribution is -2.34. The quantitative estimate of drug-likeness (QED) is 0.644. The van der Waals surface area contributed by atoms with Crippen molar-refractivity contribution in [3.8, 4) is 0 Å². The van der Waals surface area contributed by atoms with Crippen molar-refractivity contribution in [2.24, 2.45) is 0 Å². The van der Waals surface area contributed by atoms with Crippen molar-refractivity contribution in [1.82, 2.24) is 9.55 Å². The molecule has 1 aromatic carbocycles. The summed E-state index contributed by atoms with van der Waals surface area (Å²) in [5.74, 6) is -0.452. The molecule has 0 amide bonds. The van der Waals surface area contributed by atoms with E-state index in [4.69, 9.17) is 0 Å². The number of rotatable bonds is 3. The Bertz CT molecular complexity index is 636. The number of anilines is 1. The number of nitro benzene ring substituents is 1. The highest BCUT2D eigenvalue weighted by atomic mass is 19.1. The molecule has 1 aromatic heterocycles. The molecule has 7 heteroatoms. The van der Waals surface area contributed by atoms with Gasteiger partial charge in [-0.2, -0.15) is 0 Å². The molecule has 1 fully saturated rings. The first-order chi connectivity index (χ1) is 10.1. The minimum Gasteiger partial charge on any atom is -0.366 e. The lowest BCUT2D eigenvalue weighted by Gasteiger charge is -2.33. The fourth-order valence-corrected chi connectivity index (χ4v) is 2.79. The largest absolute Gasteiger partial charge is 0.366 e. The maximum Gasteiger partial charge on any atom is 0.292 e. The lowest BCUT2D eigenvalue weighted by atomic mass is 10.0. The summed E-state index contributed by atoms with van der Waals surface area (Å²) in [4.78, 5) is 16.5. The number of hydrogen-bond donors (Lipinski definition) is 0. The highest BCUT2D eigenvalue weighted by Crippen LogP contribution is 2.33. The van der Waals surface area contributed by atoms with E-state index in [1.54, 1.807) is 12.5 Å². The molecule has 1 aliphatic rings. The highest BCUT2D eigenvalue weighted by molar-refractivity contribution is 5.63. The fraction of sp³-hybridized carbons (Fsp3) is 0.357. The third-order valence-electron chi connectivity index (χ3n) is 3.89. The van der Waals surface area contributed by atoms with Crippen LogP contribution in [-0.2, 0) is 0 Å². The second-order valence-electron chi connectivity index (χ2n) is 5.12. The van der Waals surface area contributed by atoms with Crippen LogP contribution in [0, 0.1) is 15.9 Å². The molecule has 0 unspecified atom stereocenters. The first-order valence-electron chi connectivity index (χ1n) is 6.81. The van der Waals surface area contributed by atoms with Gasteiger partial charge in [0.1, 0.15) is 11.5 Å². The average molecular weight is 290 g/mol. The third kappa shape index (κ3) is 2.72. The molecule has 0 saturated carbocycles. The van der Waals surface area contributed by atoms with Crippen LogP contribution in [0.15, 0.2) is 36.9 Å². The number of benzene rings is 1. The molecular formula is C14H15FN4O2. The molecule has 0 radical (unpaired) electrons. The van der Waals surface area contributed by atoms with Gasteiger partial charge in [-0.1, -0.05) is 0 Å². The number of nitrogens with zero attached hydrogens (tertiary/aromatic N) is 4. The van der Waals surface area contributed by atoms with Crippen molar-refractivity contribution < 1.29 is 9.31 Å². The Hall–Kier alpha value is -2.44. The smallest absolute Gasteiger partial charge is 0.292 e. The monoisotopic (exact) mass is 290 g/mol. The topological polar surface area (TPSA) is 64.2 Å². The Morgan fingerprint density at radius 1 is 1.33 bits per heavy atom. The van der Waals surface area contributed by atoms with Gasteiger partial charge in [0.2, 0.25) is 0 Å². The molecule has 21 heavy (non-hydrogen) atoms. The third-order valence-corrected chi connectivity index (χ3v) is 3.89. The minimum absolute atomic E-state index is 0.0440. The first kappa shape index (κ1) is 13.5. The Labute approximate surface area is 121 Å². The van der Waals surface area contributed by atoms with Crippen molar-refractivity contribution in [2.45, 2.75) is 18.9 Å². The summed E-state index contributed by atoms with van der Waals surface area (Å²) in [6.07, 6.45) is 7.15. The summed E-state index contributed by atoms with van der Waals surface area (Å²) in [5.41, 5.74) is 0.321. The molecule has 0 bridgehead atoms. The van der Waals surface area contributed by atoms with Gasteiger partial charge >= 0.3 is 0 Å². The summed E-state index contributed by atoms with van der Waals surface area (Å²) < 4.78 is 15.5. The molecule has 0 atom stereocenters. The Morgan fingerprint density at radius 2 is 2.10 bits per heavy atom. The molecule has 1 aliphatic heterocycles. The summed E-state index contributed by atoms with van der Waals surface area (Å²) >= 11 is 0. The van der Waals surface area contributed by atoms with Gasteiger partial charge in [0, 0.05) is 43.7 Å². The second-order valence-corrected chi connectivity index (χ2v) is 5.12. The number of halogens is 1. The van der Waals surface area contributed by atoms with Gasteiger partial charge < -0.3 is 9.47 Å². The van der Waals surface area contributed by atoms with Crippen LogP contribution < -0.4 is 4.90 Å². The number of aromatic nitrogens is 2. The van der Waals surface area contributed by atoms with Crippen LogP contribution in [0.5, 0.6) is 0 Å². The molecule has 110 valence electrons. The maximum absolute atomic E-state index is 13.4. The highest BCUT2D eigenvalue weighted by Gasteiger charge is 2.25. The molecule has 2 aromatic rings. The van der Waals surface area contributed by atoms with Crippen LogP contribution in [-0.4, -0.2) is 27.6 Å². The van der Waals surface area contributed by atoms with E-state index in [1.165, 1.54) is 12.1 Å². The van der Waals surface area contributed by atoms with Gasteiger partial charge in [-0.25, -0.2) is 9.37 Å². The van der Waals surface area contributed by atoms with Crippen LogP contribution in [0.25, 0.3) is 0 Å². The normalized spacial score (nSPS) is 16.1. The summed E-state index contributed by atoms with van der Waals surface area (Å²) in [5, 5.41) is 11.1. The van der Waals surface area contributed by atoms with E-state index in [0.29, 0.717) is 24.8 Å². The number of nitro groups is 1. The van der Waals surface area contributed by atoms with Crippen LogP contribution in [0.4, 0.5) is 15.8 Å². The predicted molar refractivity (Wildman–Crippen MR) is 75.8 cm³/mol. The SMILES string of the molecule is O=[N+]([O-])c1ccc(F)cc1N1CCC(n2ccnc2)CC1. The predicted octanol–water partition coefficient (Wildman–Crippen LogP) is 2.77. The van der Waals surface area contributed by atoms with Crippen LogP contribution in [0.1, 0.15) is 18.9 Å². The number of piperidine rings is 1. The Balaban J connectivity index is 1.78.